The van der Waals surface area contributed by atoms with E-state index in [2.05, 4.69) is 5.32 Å². The zero-order valence-corrected chi connectivity index (χ0v) is 10.0. The summed E-state index contributed by atoms with van der Waals surface area (Å²) in [7, 11) is 1.92. The molecule has 1 fully saturated rings. The normalized spacial score (nSPS) is 17.9. The van der Waals surface area contributed by atoms with Crippen LogP contribution in [0.25, 0.3) is 0 Å². The minimum absolute atomic E-state index is 0.122. The third kappa shape index (κ3) is 1.90. The fourth-order valence-electron chi connectivity index (χ4n) is 2.52. The van der Waals surface area contributed by atoms with Gasteiger partial charge in [-0.1, -0.05) is 30.2 Å². The van der Waals surface area contributed by atoms with Crippen LogP contribution in [0.3, 0.4) is 0 Å². The van der Waals surface area contributed by atoms with Gasteiger partial charge in [0.2, 0.25) is 0 Å². The second-order valence-corrected chi connectivity index (χ2v) is 4.86. The fraction of sp³-hybridized carbons (Fsp3) is 0.500. The second-order valence-electron chi connectivity index (χ2n) is 4.86. The van der Waals surface area contributed by atoms with Crippen LogP contribution >= 0.6 is 0 Å². The van der Waals surface area contributed by atoms with E-state index in [9.17, 15) is 4.79 Å². The Bertz CT molecular complexity index is 393. The first-order valence-electron chi connectivity index (χ1n) is 5.94. The van der Waals surface area contributed by atoms with Crippen molar-refractivity contribution in [2.45, 2.75) is 26.2 Å². The minimum atomic E-state index is -0.122. The Morgan fingerprint density at radius 3 is 2.69 bits per heavy atom. The summed E-state index contributed by atoms with van der Waals surface area (Å²) in [6.45, 7) is 2.84. The number of nitrogens with one attached hydrogen (secondary N) is 1. The number of Topliss-reactive ketones (excluding diaryl/α,β-unsaturated/α-hetero) is 1. The maximum Gasteiger partial charge on any atom is 0.170 e. The molecule has 0 aromatic heterocycles. The molecule has 2 nitrogen and oxygen atoms in total. The van der Waals surface area contributed by atoms with Gasteiger partial charge in [-0.05, 0) is 32.9 Å². The number of hydrogen-bond acceptors (Lipinski definition) is 2. The number of ketones is 1. The number of hydrogen-bond donors (Lipinski definition) is 1. The molecule has 1 aromatic rings. The molecule has 0 unspecified atom stereocenters. The summed E-state index contributed by atoms with van der Waals surface area (Å²) < 4.78 is 0. The first kappa shape index (κ1) is 11.3. The van der Waals surface area contributed by atoms with Crippen LogP contribution in [0.1, 0.15) is 35.2 Å². The average molecular weight is 217 g/mol. The van der Waals surface area contributed by atoms with Gasteiger partial charge in [-0.25, -0.2) is 0 Å². The second kappa shape index (κ2) is 4.38. The van der Waals surface area contributed by atoms with Gasteiger partial charge in [-0.3, -0.25) is 4.79 Å². The predicted octanol–water partition coefficient (Wildman–Crippen LogP) is 2.57. The summed E-state index contributed by atoms with van der Waals surface area (Å²) in [5.74, 6) is 0.316. The molecule has 1 saturated carbocycles. The van der Waals surface area contributed by atoms with E-state index in [0.29, 0.717) is 5.78 Å². The van der Waals surface area contributed by atoms with Gasteiger partial charge in [0.25, 0.3) is 0 Å². The molecule has 2 rings (SSSR count). The highest BCUT2D eigenvalue weighted by molar-refractivity contribution is 6.01. The van der Waals surface area contributed by atoms with E-state index in [0.717, 1.165) is 30.5 Å². The average Bonchev–Trinajstić information content (AvgIpc) is 2.22. The third-order valence-electron chi connectivity index (χ3n) is 3.59. The van der Waals surface area contributed by atoms with Crippen LogP contribution in [0, 0.1) is 12.3 Å². The highest BCUT2D eigenvalue weighted by Crippen LogP contribution is 2.43. The molecule has 0 aliphatic heterocycles. The van der Waals surface area contributed by atoms with Gasteiger partial charge in [0.15, 0.2) is 5.78 Å². The Morgan fingerprint density at radius 1 is 1.44 bits per heavy atom. The van der Waals surface area contributed by atoms with E-state index < -0.39 is 0 Å². The van der Waals surface area contributed by atoms with Crippen molar-refractivity contribution in [1.82, 2.24) is 5.32 Å². The number of benzene rings is 1. The van der Waals surface area contributed by atoms with Crippen LogP contribution < -0.4 is 5.32 Å². The topological polar surface area (TPSA) is 29.1 Å². The maximum atomic E-state index is 12.5. The van der Waals surface area contributed by atoms with Crippen LogP contribution in [-0.2, 0) is 0 Å². The van der Waals surface area contributed by atoms with E-state index >= 15 is 0 Å². The molecule has 0 bridgehead atoms. The number of carbonyl (C=O) groups excluding carboxylic acids is 1. The Balaban J connectivity index is 2.23. The van der Waals surface area contributed by atoms with E-state index in [1.807, 2.05) is 38.2 Å². The molecular formula is C14H19NO. The van der Waals surface area contributed by atoms with Gasteiger partial charge in [0.1, 0.15) is 0 Å². The molecular weight excluding hydrogens is 198 g/mol. The summed E-state index contributed by atoms with van der Waals surface area (Å²) in [6.07, 6.45) is 3.24. The Hall–Kier alpha value is -1.15. The summed E-state index contributed by atoms with van der Waals surface area (Å²) in [4.78, 5) is 12.5. The smallest absolute Gasteiger partial charge is 0.170 e. The molecule has 2 heteroatoms. The number of rotatable bonds is 4. The fourth-order valence-corrected chi connectivity index (χ4v) is 2.52. The summed E-state index contributed by atoms with van der Waals surface area (Å²) in [5, 5.41) is 3.15. The summed E-state index contributed by atoms with van der Waals surface area (Å²) in [6, 6.07) is 7.93. The molecule has 0 spiro atoms. The Labute approximate surface area is 97.1 Å². The molecule has 0 heterocycles. The van der Waals surface area contributed by atoms with Crippen molar-refractivity contribution in [3.8, 4) is 0 Å². The van der Waals surface area contributed by atoms with Crippen molar-refractivity contribution in [2.75, 3.05) is 13.6 Å². The summed E-state index contributed by atoms with van der Waals surface area (Å²) in [5.41, 5.74) is 1.91. The molecule has 0 amide bonds. The van der Waals surface area contributed by atoms with E-state index in [-0.39, 0.29) is 5.41 Å². The lowest BCUT2D eigenvalue weighted by Gasteiger charge is -2.40. The molecule has 1 aliphatic rings. The van der Waals surface area contributed by atoms with Crippen molar-refractivity contribution < 1.29 is 4.79 Å². The molecule has 1 N–H and O–H groups in total. The van der Waals surface area contributed by atoms with Crippen LogP contribution in [0.5, 0.6) is 0 Å². The predicted molar refractivity (Wildman–Crippen MR) is 65.7 cm³/mol. The minimum Gasteiger partial charge on any atom is -0.319 e. The van der Waals surface area contributed by atoms with Gasteiger partial charge in [0.05, 0.1) is 0 Å². The number of aryl methyl sites for hydroxylation is 1. The van der Waals surface area contributed by atoms with Gasteiger partial charge in [-0.2, -0.15) is 0 Å². The number of carbonyl (C=O) groups is 1. The zero-order valence-electron chi connectivity index (χ0n) is 10.0. The highest BCUT2D eigenvalue weighted by Gasteiger charge is 2.43. The van der Waals surface area contributed by atoms with E-state index in [1.54, 1.807) is 0 Å². The molecule has 0 saturated heterocycles. The van der Waals surface area contributed by atoms with E-state index in [4.69, 9.17) is 0 Å². The molecule has 0 atom stereocenters. The first-order valence-corrected chi connectivity index (χ1v) is 5.94. The van der Waals surface area contributed by atoms with Crippen LogP contribution in [0.2, 0.25) is 0 Å². The largest absolute Gasteiger partial charge is 0.319 e. The first-order chi connectivity index (χ1) is 7.68. The van der Waals surface area contributed by atoms with Gasteiger partial charge < -0.3 is 5.32 Å². The zero-order chi connectivity index (χ0) is 11.6. The van der Waals surface area contributed by atoms with Gasteiger partial charge in [0, 0.05) is 17.5 Å². The van der Waals surface area contributed by atoms with E-state index in [1.165, 1.54) is 6.42 Å². The molecule has 1 aromatic carbocycles. The van der Waals surface area contributed by atoms with Crippen LogP contribution in [0.15, 0.2) is 24.3 Å². The molecule has 1 aliphatic carbocycles. The summed E-state index contributed by atoms with van der Waals surface area (Å²) >= 11 is 0. The lowest BCUT2D eigenvalue weighted by atomic mass is 9.64. The van der Waals surface area contributed by atoms with Crippen molar-refractivity contribution >= 4 is 5.78 Å². The quantitative estimate of drug-likeness (QED) is 0.785. The maximum absolute atomic E-state index is 12.5. The Morgan fingerprint density at radius 2 is 2.19 bits per heavy atom. The molecule has 0 radical (unpaired) electrons. The van der Waals surface area contributed by atoms with Crippen molar-refractivity contribution in [1.29, 1.82) is 0 Å². The lowest BCUT2D eigenvalue weighted by molar-refractivity contribution is 0.0614. The molecule has 86 valence electrons. The molecule has 16 heavy (non-hydrogen) atoms. The van der Waals surface area contributed by atoms with Crippen molar-refractivity contribution in [2.24, 2.45) is 5.41 Å². The highest BCUT2D eigenvalue weighted by atomic mass is 16.1. The third-order valence-corrected chi connectivity index (χ3v) is 3.59. The lowest BCUT2D eigenvalue weighted by Crippen LogP contribution is -2.45. The Kier molecular flexibility index (Phi) is 3.10. The standard InChI is InChI=1S/C14H19NO/c1-11-5-3-6-12(9-11)13(16)14(10-15-2)7-4-8-14/h3,5-6,9,15H,4,7-8,10H2,1-2H3. The van der Waals surface area contributed by atoms with Crippen LogP contribution in [0.4, 0.5) is 0 Å². The van der Waals surface area contributed by atoms with Gasteiger partial charge in [-0.15, -0.1) is 0 Å². The van der Waals surface area contributed by atoms with Crippen LogP contribution in [-0.4, -0.2) is 19.4 Å². The van der Waals surface area contributed by atoms with Gasteiger partial charge >= 0.3 is 0 Å². The van der Waals surface area contributed by atoms with Crippen molar-refractivity contribution in [3.63, 3.8) is 0 Å². The van der Waals surface area contributed by atoms with Crippen molar-refractivity contribution in [3.05, 3.63) is 35.4 Å². The SMILES string of the molecule is CNCC1(C(=O)c2cccc(C)c2)CCC1. The monoisotopic (exact) mass is 217 g/mol.